The van der Waals surface area contributed by atoms with Crippen molar-refractivity contribution in [1.82, 2.24) is 10.2 Å². The minimum atomic E-state index is 0.431. The summed E-state index contributed by atoms with van der Waals surface area (Å²) in [6.07, 6.45) is 0.719. The second-order valence-electron chi connectivity index (χ2n) is 2.90. The lowest BCUT2D eigenvalue weighted by Crippen LogP contribution is -1.80. The molecule has 0 aliphatic carbocycles. The molecule has 2 rings (SSSR count). The quantitative estimate of drug-likeness (QED) is 0.709. The van der Waals surface area contributed by atoms with Gasteiger partial charge in [0, 0.05) is 5.39 Å². The molecule has 0 unspecified atom stereocenters. The summed E-state index contributed by atoms with van der Waals surface area (Å²) >= 11 is 5.97. The number of hydrogen-bond acceptors (Lipinski definition) is 2. The van der Waals surface area contributed by atoms with Crippen molar-refractivity contribution in [2.45, 2.75) is 6.92 Å². The summed E-state index contributed by atoms with van der Waals surface area (Å²) in [5, 5.41) is 7.86. The van der Waals surface area contributed by atoms with Gasteiger partial charge in [0.05, 0.1) is 10.5 Å². The molecule has 0 aliphatic heterocycles. The van der Waals surface area contributed by atoms with E-state index < -0.39 is 0 Å². The van der Waals surface area contributed by atoms with Gasteiger partial charge in [-0.15, -0.1) is 0 Å². The van der Waals surface area contributed by atoms with E-state index in [9.17, 15) is 4.79 Å². The van der Waals surface area contributed by atoms with E-state index in [1.165, 1.54) is 0 Å². The third-order valence-corrected chi connectivity index (χ3v) is 2.20. The summed E-state index contributed by atoms with van der Waals surface area (Å²) in [6, 6.07) is 3.69. The number of aryl methyl sites for hydroxylation is 1. The summed E-state index contributed by atoms with van der Waals surface area (Å²) < 4.78 is 0. The Hall–Kier alpha value is -1.35. The van der Waals surface area contributed by atoms with E-state index >= 15 is 0 Å². The Bertz CT molecular complexity index is 476. The van der Waals surface area contributed by atoms with Gasteiger partial charge in [-0.2, -0.15) is 5.10 Å². The molecule has 4 heteroatoms. The normalized spacial score (nSPS) is 10.6. The number of rotatable bonds is 1. The first-order chi connectivity index (χ1) is 6.22. The Balaban J connectivity index is 2.89. The van der Waals surface area contributed by atoms with Crippen LogP contribution in [0.3, 0.4) is 0 Å². The highest BCUT2D eigenvalue weighted by Crippen LogP contribution is 2.25. The third-order valence-electron chi connectivity index (χ3n) is 1.90. The van der Waals surface area contributed by atoms with E-state index in [0.29, 0.717) is 16.1 Å². The lowest BCUT2D eigenvalue weighted by Gasteiger charge is -1.95. The molecule has 0 spiro atoms. The Morgan fingerprint density at radius 2 is 2.31 bits per heavy atom. The number of fused-ring (bicyclic) bond motifs is 1. The van der Waals surface area contributed by atoms with Crippen molar-refractivity contribution in [2.24, 2.45) is 0 Å². The fraction of sp³-hybridized carbons (Fsp3) is 0.111. The summed E-state index contributed by atoms with van der Waals surface area (Å²) in [6.45, 7) is 1.93. The van der Waals surface area contributed by atoms with E-state index in [4.69, 9.17) is 11.6 Å². The molecule has 66 valence electrons. The van der Waals surface area contributed by atoms with Gasteiger partial charge in [0.15, 0.2) is 6.29 Å². The molecule has 1 aromatic carbocycles. The maximum atomic E-state index is 10.6. The van der Waals surface area contributed by atoms with Gasteiger partial charge in [0.1, 0.15) is 5.69 Å². The van der Waals surface area contributed by atoms with Crippen LogP contribution < -0.4 is 0 Å². The lowest BCUT2D eigenvalue weighted by atomic mass is 10.1. The van der Waals surface area contributed by atoms with Crippen molar-refractivity contribution in [3.63, 3.8) is 0 Å². The predicted octanol–water partition coefficient (Wildman–Crippen LogP) is 2.34. The molecule has 0 saturated heterocycles. The molecule has 1 heterocycles. The van der Waals surface area contributed by atoms with Crippen LogP contribution in [-0.4, -0.2) is 16.5 Å². The molecular formula is C9H7ClN2O. The second kappa shape index (κ2) is 2.85. The van der Waals surface area contributed by atoms with Crippen LogP contribution in [0.15, 0.2) is 12.1 Å². The van der Waals surface area contributed by atoms with Crippen molar-refractivity contribution < 1.29 is 4.79 Å². The third kappa shape index (κ3) is 1.21. The standard InChI is InChI=1S/C9H7ClN2O/c1-5-2-6(10)9-7(3-5)11-12-8(9)4-13/h2-4H,1H3,(H,11,12). The number of nitrogens with one attached hydrogen (secondary N) is 1. The number of nitrogens with zero attached hydrogens (tertiary/aromatic N) is 1. The molecule has 0 atom stereocenters. The molecule has 0 amide bonds. The summed E-state index contributed by atoms with van der Waals surface area (Å²) in [5.74, 6) is 0. The van der Waals surface area contributed by atoms with Crippen molar-refractivity contribution >= 4 is 28.8 Å². The topological polar surface area (TPSA) is 45.8 Å². The van der Waals surface area contributed by atoms with E-state index in [1.54, 1.807) is 0 Å². The minimum absolute atomic E-state index is 0.431. The summed E-state index contributed by atoms with van der Waals surface area (Å²) in [5.41, 5.74) is 2.19. The second-order valence-corrected chi connectivity index (χ2v) is 3.30. The number of aromatic amines is 1. The predicted molar refractivity (Wildman–Crippen MR) is 51.2 cm³/mol. The molecule has 1 aromatic heterocycles. The highest BCUT2D eigenvalue weighted by Gasteiger charge is 2.08. The van der Waals surface area contributed by atoms with E-state index in [1.807, 2.05) is 19.1 Å². The van der Waals surface area contributed by atoms with Gasteiger partial charge >= 0.3 is 0 Å². The fourth-order valence-electron chi connectivity index (χ4n) is 1.34. The van der Waals surface area contributed by atoms with Crippen LogP contribution in [0.25, 0.3) is 10.9 Å². The summed E-state index contributed by atoms with van der Waals surface area (Å²) in [7, 11) is 0. The van der Waals surface area contributed by atoms with Gasteiger partial charge in [-0.05, 0) is 24.6 Å². The molecule has 3 nitrogen and oxygen atoms in total. The number of carbonyl (C=O) groups excluding carboxylic acids is 1. The average molecular weight is 195 g/mol. The van der Waals surface area contributed by atoms with Gasteiger partial charge in [0.25, 0.3) is 0 Å². The zero-order valence-electron chi connectivity index (χ0n) is 6.97. The van der Waals surface area contributed by atoms with Gasteiger partial charge in [-0.25, -0.2) is 0 Å². The van der Waals surface area contributed by atoms with E-state index in [-0.39, 0.29) is 0 Å². The number of H-pyrrole nitrogens is 1. The Kier molecular flexibility index (Phi) is 1.81. The maximum absolute atomic E-state index is 10.6. The molecule has 13 heavy (non-hydrogen) atoms. The number of halogens is 1. The Morgan fingerprint density at radius 3 is 3.00 bits per heavy atom. The van der Waals surface area contributed by atoms with E-state index in [0.717, 1.165) is 17.4 Å². The average Bonchev–Trinajstić information content (AvgIpc) is 2.47. The zero-order chi connectivity index (χ0) is 9.42. The first kappa shape index (κ1) is 8.26. The van der Waals surface area contributed by atoms with Crippen LogP contribution in [0.1, 0.15) is 16.1 Å². The number of aromatic nitrogens is 2. The van der Waals surface area contributed by atoms with Crippen molar-refractivity contribution in [3.05, 3.63) is 28.4 Å². The Morgan fingerprint density at radius 1 is 1.54 bits per heavy atom. The lowest BCUT2D eigenvalue weighted by molar-refractivity contribution is 0.112. The Labute approximate surface area is 79.7 Å². The number of aldehydes is 1. The van der Waals surface area contributed by atoms with Crippen molar-refractivity contribution in [3.8, 4) is 0 Å². The molecule has 0 saturated carbocycles. The van der Waals surface area contributed by atoms with E-state index in [2.05, 4.69) is 10.2 Å². The van der Waals surface area contributed by atoms with Crippen LogP contribution in [0, 0.1) is 6.92 Å². The summed E-state index contributed by atoms with van der Waals surface area (Å²) in [4.78, 5) is 10.6. The van der Waals surface area contributed by atoms with Crippen LogP contribution in [0.4, 0.5) is 0 Å². The van der Waals surface area contributed by atoms with Gasteiger partial charge in [-0.1, -0.05) is 11.6 Å². The van der Waals surface area contributed by atoms with Crippen LogP contribution in [0.5, 0.6) is 0 Å². The number of hydrogen-bond donors (Lipinski definition) is 1. The largest absolute Gasteiger partial charge is 0.296 e. The van der Waals surface area contributed by atoms with Crippen LogP contribution in [0.2, 0.25) is 5.02 Å². The molecule has 0 aliphatic rings. The van der Waals surface area contributed by atoms with Crippen molar-refractivity contribution in [2.75, 3.05) is 0 Å². The van der Waals surface area contributed by atoms with Crippen LogP contribution in [-0.2, 0) is 0 Å². The monoisotopic (exact) mass is 194 g/mol. The molecule has 0 fully saturated rings. The number of benzene rings is 1. The number of carbonyl (C=O) groups is 1. The van der Waals surface area contributed by atoms with Crippen LogP contribution >= 0.6 is 11.6 Å². The van der Waals surface area contributed by atoms with Crippen molar-refractivity contribution in [1.29, 1.82) is 0 Å². The minimum Gasteiger partial charge on any atom is -0.296 e. The molecule has 0 radical (unpaired) electrons. The zero-order valence-corrected chi connectivity index (χ0v) is 7.72. The highest BCUT2D eigenvalue weighted by atomic mass is 35.5. The first-order valence-electron chi connectivity index (χ1n) is 3.82. The van der Waals surface area contributed by atoms with Gasteiger partial charge in [-0.3, -0.25) is 9.89 Å². The van der Waals surface area contributed by atoms with Gasteiger partial charge in [0.2, 0.25) is 0 Å². The first-order valence-corrected chi connectivity index (χ1v) is 4.19. The smallest absolute Gasteiger partial charge is 0.168 e. The highest BCUT2D eigenvalue weighted by molar-refractivity contribution is 6.36. The van der Waals surface area contributed by atoms with Gasteiger partial charge < -0.3 is 0 Å². The molecular weight excluding hydrogens is 188 g/mol. The molecule has 1 N–H and O–H groups in total. The molecule has 2 aromatic rings. The molecule has 0 bridgehead atoms. The maximum Gasteiger partial charge on any atom is 0.168 e. The SMILES string of the molecule is Cc1cc(Cl)c2c(C=O)[nH]nc2c1. The fourth-order valence-corrected chi connectivity index (χ4v) is 1.71.